The van der Waals surface area contributed by atoms with Gasteiger partial charge in [-0.05, 0) is 50.6 Å². The third-order valence-corrected chi connectivity index (χ3v) is 5.86. The molecule has 2 aromatic rings. The molecule has 2 aromatic carbocycles. The van der Waals surface area contributed by atoms with E-state index in [0.717, 1.165) is 16.9 Å². The van der Waals surface area contributed by atoms with Crippen LogP contribution < -0.4 is 4.74 Å². The molecule has 132 valence electrons. The predicted octanol–water partition coefficient (Wildman–Crippen LogP) is 3.68. The lowest BCUT2D eigenvalue weighted by molar-refractivity contribution is 0.226. The third-order valence-electron chi connectivity index (χ3n) is 3.92. The second-order valence-electron chi connectivity index (χ2n) is 6.30. The van der Waals surface area contributed by atoms with Crippen molar-refractivity contribution >= 4 is 16.2 Å². The summed E-state index contributed by atoms with van der Waals surface area (Å²) in [5, 5.41) is -0.993. The highest BCUT2D eigenvalue weighted by molar-refractivity contribution is 7.92. The third kappa shape index (κ3) is 3.69. The van der Waals surface area contributed by atoms with Crippen LogP contribution in [0.5, 0.6) is 5.75 Å². The Kier molecular flexibility index (Phi) is 4.81. The smallest absolute Gasteiger partial charge is 0.205 e. The zero-order valence-electron chi connectivity index (χ0n) is 14.4. The molecule has 0 N–H and O–H groups in total. The van der Waals surface area contributed by atoms with Crippen LogP contribution in [0.2, 0.25) is 0 Å². The van der Waals surface area contributed by atoms with E-state index in [0.29, 0.717) is 0 Å². The topological polar surface area (TPSA) is 65.0 Å². The Hall–Kier alpha value is -2.34. The first-order valence-corrected chi connectivity index (χ1v) is 9.67. The molecule has 0 spiro atoms. The highest BCUT2D eigenvalue weighted by atomic mass is 32.2. The van der Waals surface area contributed by atoms with Gasteiger partial charge in [-0.15, -0.1) is 0 Å². The molecule has 3 rings (SSSR count). The van der Waals surface area contributed by atoms with Crippen LogP contribution in [-0.2, 0) is 14.6 Å². The summed E-state index contributed by atoms with van der Waals surface area (Å²) in [5.41, 5.74) is 1.75. The normalized spacial score (nSPS) is 19.8. The maximum absolute atomic E-state index is 12.9. The van der Waals surface area contributed by atoms with Crippen molar-refractivity contribution in [1.82, 2.24) is 0 Å². The van der Waals surface area contributed by atoms with Crippen LogP contribution in [0.3, 0.4) is 0 Å². The van der Waals surface area contributed by atoms with Crippen LogP contribution in [0, 0.1) is 6.92 Å². The number of sulfone groups is 1. The Labute approximate surface area is 148 Å². The quantitative estimate of drug-likeness (QED) is 0.817. The molecule has 0 radical (unpaired) electrons. The van der Waals surface area contributed by atoms with Gasteiger partial charge in [0.25, 0.3) is 0 Å². The van der Waals surface area contributed by atoms with Gasteiger partial charge in [-0.2, -0.15) is 0 Å². The zero-order chi connectivity index (χ0) is 18.0. The van der Waals surface area contributed by atoms with Gasteiger partial charge in [0.2, 0.25) is 9.84 Å². The Morgan fingerprint density at radius 1 is 1.04 bits per heavy atom. The molecule has 0 amide bonds. The van der Waals surface area contributed by atoms with E-state index < -0.39 is 21.3 Å². The summed E-state index contributed by atoms with van der Waals surface area (Å²) in [4.78, 5) is 4.31. The molecule has 1 aliphatic rings. The maximum atomic E-state index is 12.9. The Morgan fingerprint density at radius 3 is 2.28 bits per heavy atom. The summed E-state index contributed by atoms with van der Waals surface area (Å²) >= 11 is 0. The molecule has 0 aromatic heterocycles. The second kappa shape index (κ2) is 6.88. The molecule has 0 saturated heterocycles. The Balaban J connectivity index is 1.87. The first kappa shape index (κ1) is 17.5. The first-order chi connectivity index (χ1) is 11.9. The fourth-order valence-corrected chi connectivity index (χ4v) is 4.22. The van der Waals surface area contributed by atoms with E-state index >= 15 is 0 Å². The van der Waals surface area contributed by atoms with E-state index in [1.54, 1.807) is 24.3 Å². The zero-order valence-corrected chi connectivity index (χ0v) is 15.2. The molecule has 5 nitrogen and oxygen atoms in total. The summed E-state index contributed by atoms with van der Waals surface area (Å²) in [6.07, 6.45) is 0.630. The van der Waals surface area contributed by atoms with Gasteiger partial charge in [0.1, 0.15) is 5.75 Å². The van der Waals surface area contributed by atoms with Gasteiger partial charge in [-0.3, -0.25) is 0 Å². The monoisotopic (exact) mass is 359 g/mol. The molecule has 6 heteroatoms. The largest absolute Gasteiger partial charge is 0.491 e. The molecule has 0 unspecified atom stereocenters. The molecule has 1 heterocycles. The predicted molar refractivity (Wildman–Crippen MR) is 96.7 cm³/mol. The maximum Gasteiger partial charge on any atom is 0.205 e. The van der Waals surface area contributed by atoms with E-state index in [2.05, 4.69) is 4.99 Å². The summed E-state index contributed by atoms with van der Waals surface area (Å²) in [6, 6.07) is 14.0. The van der Waals surface area contributed by atoms with Crippen LogP contribution in [0.1, 0.15) is 31.1 Å². The first-order valence-electron chi connectivity index (χ1n) is 8.12. The highest BCUT2D eigenvalue weighted by Crippen LogP contribution is 2.34. The van der Waals surface area contributed by atoms with Gasteiger partial charge < -0.3 is 9.47 Å². The van der Waals surface area contributed by atoms with Crippen molar-refractivity contribution in [1.29, 1.82) is 0 Å². The second-order valence-corrected chi connectivity index (χ2v) is 8.34. The SMILES string of the molecule is Cc1ccc(S(=O)(=O)[C@H]2N=CO[C@@H]2c2ccc(OC(C)C)cc2)cc1. The number of aliphatic imine (C=N–C) groups is 1. The van der Waals surface area contributed by atoms with Crippen molar-refractivity contribution in [2.24, 2.45) is 4.99 Å². The lowest BCUT2D eigenvalue weighted by Crippen LogP contribution is -2.24. The minimum absolute atomic E-state index is 0.0755. The molecule has 0 saturated carbocycles. The molecule has 25 heavy (non-hydrogen) atoms. The van der Waals surface area contributed by atoms with Gasteiger partial charge in [0.05, 0.1) is 11.0 Å². The highest BCUT2D eigenvalue weighted by Gasteiger charge is 2.39. The van der Waals surface area contributed by atoms with E-state index in [4.69, 9.17) is 9.47 Å². The molecule has 2 atom stereocenters. The number of hydrogen-bond acceptors (Lipinski definition) is 5. The molecule has 1 aliphatic heterocycles. The average Bonchev–Trinajstić information content (AvgIpc) is 3.06. The van der Waals surface area contributed by atoms with Crippen molar-refractivity contribution in [3.63, 3.8) is 0 Å². The summed E-state index contributed by atoms with van der Waals surface area (Å²) < 4.78 is 37.0. The van der Waals surface area contributed by atoms with Crippen molar-refractivity contribution in [3.8, 4) is 5.75 Å². The average molecular weight is 359 g/mol. The minimum Gasteiger partial charge on any atom is -0.491 e. The van der Waals surface area contributed by atoms with Gasteiger partial charge in [-0.1, -0.05) is 29.8 Å². The fraction of sp³-hybridized carbons (Fsp3) is 0.316. The molecular weight excluding hydrogens is 338 g/mol. The number of nitrogens with zero attached hydrogens (tertiary/aromatic N) is 1. The summed E-state index contributed by atoms with van der Waals surface area (Å²) in [7, 11) is -3.64. The molecule has 0 fully saturated rings. The van der Waals surface area contributed by atoms with Crippen molar-refractivity contribution in [2.75, 3.05) is 0 Å². The lowest BCUT2D eigenvalue weighted by atomic mass is 10.1. The number of hydrogen-bond donors (Lipinski definition) is 0. The van der Waals surface area contributed by atoms with Crippen molar-refractivity contribution in [3.05, 3.63) is 59.7 Å². The van der Waals surface area contributed by atoms with Crippen LogP contribution in [-0.4, -0.2) is 26.3 Å². The number of aryl methyl sites for hydroxylation is 1. The van der Waals surface area contributed by atoms with E-state index in [1.165, 1.54) is 6.40 Å². The van der Waals surface area contributed by atoms with Gasteiger partial charge in [0.15, 0.2) is 17.9 Å². The standard InChI is InChI=1S/C19H21NO4S/c1-13(2)24-16-8-6-15(7-9-16)18-19(20-12-23-18)25(21,22)17-10-4-14(3)5-11-17/h4-13,18-19H,1-3H3/t18-,19-/m1/s1. The van der Waals surface area contributed by atoms with Crippen molar-refractivity contribution in [2.45, 2.75) is 43.2 Å². The van der Waals surface area contributed by atoms with Gasteiger partial charge in [-0.25, -0.2) is 13.4 Å². The fourth-order valence-electron chi connectivity index (χ4n) is 2.67. The summed E-state index contributed by atoms with van der Waals surface area (Å²) in [6.45, 7) is 5.81. The Bertz CT molecular complexity index is 855. The molecule has 0 bridgehead atoms. The molecular formula is C19H21NO4S. The van der Waals surface area contributed by atoms with Crippen molar-refractivity contribution < 1.29 is 17.9 Å². The van der Waals surface area contributed by atoms with E-state index in [9.17, 15) is 8.42 Å². The van der Waals surface area contributed by atoms with E-state index in [-0.39, 0.29) is 11.0 Å². The molecule has 0 aliphatic carbocycles. The number of ether oxygens (including phenoxy) is 2. The number of benzene rings is 2. The van der Waals surface area contributed by atoms with Gasteiger partial charge >= 0.3 is 0 Å². The minimum atomic E-state index is -3.64. The van der Waals surface area contributed by atoms with Crippen LogP contribution >= 0.6 is 0 Å². The van der Waals surface area contributed by atoms with Crippen LogP contribution in [0.4, 0.5) is 0 Å². The van der Waals surface area contributed by atoms with Crippen LogP contribution in [0.15, 0.2) is 58.4 Å². The van der Waals surface area contributed by atoms with Crippen LogP contribution in [0.25, 0.3) is 0 Å². The number of rotatable bonds is 5. The Morgan fingerprint density at radius 2 is 1.68 bits per heavy atom. The lowest BCUT2D eigenvalue weighted by Gasteiger charge is -2.19. The summed E-state index contributed by atoms with van der Waals surface area (Å²) in [5.74, 6) is 0.732. The van der Waals surface area contributed by atoms with Gasteiger partial charge in [0, 0.05) is 0 Å². The van der Waals surface area contributed by atoms with E-state index in [1.807, 2.05) is 45.0 Å².